The molecular formula is C22H19FN4. The molecule has 0 aliphatic rings. The van der Waals surface area contributed by atoms with Gasteiger partial charge in [0.25, 0.3) is 0 Å². The zero-order valence-corrected chi connectivity index (χ0v) is 15.4. The van der Waals surface area contributed by atoms with Crippen molar-refractivity contribution in [3.63, 3.8) is 0 Å². The van der Waals surface area contributed by atoms with E-state index in [-0.39, 0.29) is 5.82 Å². The van der Waals surface area contributed by atoms with Gasteiger partial charge in [-0.2, -0.15) is 0 Å². The fraction of sp³-hybridized carbons (Fsp3) is 0.136. The number of fused-ring (bicyclic) bond motifs is 1. The van der Waals surface area contributed by atoms with Crippen molar-refractivity contribution in [2.45, 2.75) is 20.8 Å². The van der Waals surface area contributed by atoms with Crippen molar-refractivity contribution in [3.8, 4) is 11.3 Å². The average Bonchev–Trinajstić information content (AvgIpc) is 3.00. The molecule has 2 aromatic heterocycles. The third-order valence-corrected chi connectivity index (χ3v) is 4.59. The van der Waals surface area contributed by atoms with Crippen molar-refractivity contribution in [2.24, 2.45) is 10.2 Å². The summed E-state index contributed by atoms with van der Waals surface area (Å²) in [7, 11) is 0. The quantitative estimate of drug-likeness (QED) is 0.386. The number of pyridine rings is 1. The van der Waals surface area contributed by atoms with Crippen LogP contribution in [0.15, 0.2) is 71.0 Å². The molecule has 0 saturated heterocycles. The van der Waals surface area contributed by atoms with E-state index in [0.717, 1.165) is 22.5 Å². The number of hydrogen-bond acceptors (Lipinski definition) is 3. The van der Waals surface area contributed by atoms with Gasteiger partial charge in [0.2, 0.25) is 0 Å². The summed E-state index contributed by atoms with van der Waals surface area (Å²) in [5.74, 6) is 0.288. The van der Waals surface area contributed by atoms with E-state index in [4.69, 9.17) is 4.98 Å². The van der Waals surface area contributed by atoms with E-state index >= 15 is 0 Å². The SMILES string of the molecule is Cc1ccc2nc(-c3ccc(C)c(C)c3)c(N=Nc3cccc(F)c3)n2c1. The highest BCUT2D eigenvalue weighted by molar-refractivity contribution is 5.75. The Morgan fingerprint density at radius 3 is 2.52 bits per heavy atom. The molecule has 134 valence electrons. The Balaban J connectivity index is 1.90. The molecule has 27 heavy (non-hydrogen) atoms. The van der Waals surface area contributed by atoms with Crippen LogP contribution >= 0.6 is 0 Å². The molecule has 0 atom stereocenters. The van der Waals surface area contributed by atoms with Gasteiger partial charge in [-0.3, -0.25) is 4.40 Å². The average molecular weight is 358 g/mol. The van der Waals surface area contributed by atoms with Gasteiger partial charge in [-0.15, -0.1) is 10.2 Å². The summed E-state index contributed by atoms with van der Waals surface area (Å²) in [6.07, 6.45) is 1.98. The zero-order valence-electron chi connectivity index (χ0n) is 15.4. The number of aryl methyl sites for hydroxylation is 3. The molecule has 0 fully saturated rings. The van der Waals surface area contributed by atoms with E-state index in [1.54, 1.807) is 12.1 Å². The van der Waals surface area contributed by atoms with Crippen LogP contribution in [0.1, 0.15) is 16.7 Å². The number of benzene rings is 2. The predicted molar refractivity (Wildman–Crippen MR) is 105 cm³/mol. The summed E-state index contributed by atoms with van der Waals surface area (Å²) in [4.78, 5) is 4.76. The van der Waals surface area contributed by atoms with Crippen LogP contribution in [-0.4, -0.2) is 9.38 Å². The number of imidazole rings is 1. The van der Waals surface area contributed by atoms with Gasteiger partial charge in [-0.1, -0.05) is 24.3 Å². The second-order valence-corrected chi connectivity index (χ2v) is 6.70. The van der Waals surface area contributed by atoms with E-state index in [2.05, 4.69) is 36.2 Å². The van der Waals surface area contributed by atoms with Gasteiger partial charge in [-0.05, 0) is 61.7 Å². The van der Waals surface area contributed by atoms with Crippen molar-refractivity contribution in [1.82, 2.24) is 9.38 Å². The molecule has 0 amide bonds. The van der Waals surface area contributed by atoms with Crippen LogP contribution in [0.25, 0.3) is 16.9 Å². The first-order valence-electron chi connectivity index (χ1n) is 8.75. The van der Waals surface area contributed by atoms with E-state index in [0.29, 0.717) is 11.5 Å². The van der Waals surface area contributed by atoms with E-state index in [1.165, 1.54) is 23.3 Å². The lowest BCUT2D eigenvalue weighted by atomic mass is 10.0. The van der Waals surface area contributed by atoms with Crippen molar-refractivity contribution < 1.29 is 4.39 Å². The fourth-order valence-electron chi connectivity index (χ4n) is 2.96. The Kier molecular flexibility index (Phi) is 4.28. The largest absolute Gasteiger partial charge is 0.282 e. The van der Waals surface area contributed by atoms with Gasteiger partial charge < -0.3 is 0 Å². The van der Waals surface area contributed by atoms with Crippen molar-refractivity contribution in [2.75, 3.05) is 0 Å². The molecule has 0 saturated carbocycles. The van der Waals surface area contributed by atoms with Crippen molar-refractivity contribution in [3.05, 3.63) is 83.3 Å². The fourth-order valence-corrected chi connectivity index (χ4v) is 2.96. The Morgan fingerprint density at radius 1 is 0.889 bits per heavy atom. The first-order chi connectivity index (χ1) is 13.0. The molecule has 0 aliphatic heterocycles. The monoisotopic (exact) mass is 358 g/mol. The van der Waals surface area contributed by atoms with Crippen LogP contribution in [0.4, 0.5) is 15.9 Å². The topological polar surface area (TPSA) is 42.0 Å². The van der Waals surface area contributed by atoms with Crippen molar-refractivity contribution >= 4 is 17.2 Å². The summed E-state index contributed by atoms with van der Waals surface area (Å²) in [6, 6.07) is 16.3. The van der Waals surface area contributed by atoms with Crippen LogP contribution in [0.5, 0.6) is 0 Å². The van der Waals surface area contributed by atoms with E-state index in [1.807, 2.05) is 35.7 Å². The van der Waals surface area contributed by atoms with Gasteiger partial charge in [0, 0.05) is 17.8 Å². The van der Waals surface area contributed by atoms with Gasteiger partial charge in [-0.25, -0.2) is 9.37 Å². The molecule has 5 heteroatoms. The van der Waals surface area contributed by atoms with Gasteiger partial charge in [0.1, 0.15) is 17.2 Å². The third-order valence-electron chi connectivity index (χ3n) is 4.59. The molecule has 2 aromatic carbocycles. The maximum absolute atomic E-state index is 13.4. The minimum atomic E-state index is -0.338. The number of nitrogens with zero attached hydrogens (tertiary/aromatic N) is 4. The maximum Gasteiger partial charge on any atom is 0.187 e. The predicted octanol–water partition coefficient (Wildman–Crippen LogP) is 6.48. The third kappa shape index (κ3) is 3.36. The number of azo groups is 1. The van der Waals surface area contributed by atoms with E-state index in [9.17, 15) is 4.39 Å². The smallest absolute Gasteiger partial charge is 0.187 e. The molecule has 0 aliphatic carbocycles. The summed E-state index contributed by atoms with van der Waals surface area (Å²) in [5.41, 5.74) is 6.49. The summed E-state index contributed by atoms with van der Waals surface area (Å²) in [6.45, 7) is 6.17. The highest BCUT2D eigenvalue weighted by Gasteiger charge is 2.15. The lowest BCUT2D eigenvalue weighted by molar-refractivity contribution is 0.628. The molecule has 4 aromatic rings. The Hall–Kier alpha value is -3.34. The zero-order chi connectivity index (χ0) is 19.0. The Morgan fingerprint density at radius 2 is 1.74 bits per heavy atom. The number of rotatable bonds is 3. The lowest BCUT2D eigenvalue weighted by Crippen LogP contribution is -1.86. The van der Waals surface area contributed by atoms with Gasteiger partial charge >= 0.3 is 0 Å². The summed E-state index contributed by atoms with van der Waals surface area (Å²) >= 11 is 0. The first kappa shape index (κ1) is 17.1. The molecule has 2 heterocycles. The van der Waals surface area contributed by atoms with Gasteiger partial charge in [0.05, 0.1) is 5.69 Å². The van der Waals surface area contributed by atoms with Crippen LogP contribution in [0, 0.1) is 26.6 Å². The second-order valence-electron chi connectivity index (χ2n) is 6.70. The van der Waals surface area contributed by atoms with Crippen molar-refractivity contribution in [1.29, 1.82) is 0 Å². The molecule has 0 unspecified atom stereocenters. The normalized spacial score (nSPS) is 11.6. The lowest BCUT2D eigenvalue weighted by Gasteiger charge is -2.04. The summed E-state index contributed by atoms with van der Waals surface area (Å²) in [5, 5.41) is 8.67. The molecule has 4 rings (SSSR count). The molecule has 4 nitrogen and oxygen atoms in total. The van der Waals surface area contributed by atoms with Crippen LogP contribution in [0.3, 0.4) is 0 Å². The summed E-state index contributed by atoms with van der Waals surface area (Å²) < 4.78 is 15.4. The highest BCUT2D eigenvalue weighted by Crippen LogP contribution is 2.33. The highest BCUT2D eigenvalue weighted by atomic mass is 19.1. The maximum atomic E-state index is 13.4. The Bertz CT molecular complexity index is 1170. The van der Waals surface area contributed by atoms with Crippen LogP contribution in [-0.2, 0) is 0 Å². The molecule has 0 radical (unpaired) electrons. The number of hydrogen-bond donors (Lipinski definition) is 0. The minimum absolute atomic E-state index is 0.338. The first-order valence-corrected chi connectivity index (χ1v) is 8.75. The van der Waals surface area contributed by atoms with Crippen LogP contribution in [0.2, 0.25) is 0 Å². The minimum Gasteiger partial charge on any atom is -0.282 e. The number of halogens is 1. The number of aromatic nitrogens is 2. The molecule has 0 N–H and O–H groups in total. The Labute approximate surface area is 157 Å². The second kappa shape index (κ2) is 6.76. The molecular weight excluding hydrogens is 339 g/mol. The molecule has 0 bridgehead atoms. The standard InChI is InChI=1S/C22H19FN4/c1-14-7-10-20-24-21(17-9-8-15(2)16(3)11-17)22(27(20)13-14)26-25-19-6-4-5-18(23)12-19/h4-13H,1-3H3. The van der Waals surface area contributed by atoms with E-state index < -0.39 is 0 Å². The molecule has 0 spiro atoms. The van der Waals surface area contributed by atoms with Crippen LogP contribution < -0.4 is 0 Å². The van der Waals surface area contributed by atoms with Gasteiger partial charge in [0.15, 0.2) is 5.82 Å².